The predicted octanol–water partition coefficient (Wildman–Crippen LogP) is 5.28. The fourth-order valence-corrected chi connectivity index (χ4v) is 3.51. The number of anilines is 1. The molecule has 2 N–H and O–H groups in total. The van der Waals surface area contributed by atoms with Crippen LogP contribution in [0.25, 0.3) is 11.3 Å². The summed E-state index contributed by atoms with van der Waals surface area (Å²) < 4.78 is 0. The fraction of sp³-hybridized carbons (Fsp3) is 0.250. The number of thiazole rings is 1. The first-order valence-corrected chi connectivity index (χ1v) is 8.65. The Morgan fingerprint density at radius 3 is 2.22 bits per heavy atom. The van der Waals surface area contributed by atoms with Crippen molar-refractivity contribution in [3.63, 3.8) is 0 Å². The maximum absolute atomic E-state index is 5.96. The van der Waals surface area contributed by atoms with Crippen molar-refractivity contribution in [1.82, 2.24) is 4.98 Å². The second-order valence-corrected chi connectivity index (χ2v) is 7.93. The highest BCUT2D eigenvalue weighted by Gasteiger charge is 2.15. The first kappa shape index (κ1) is 15.8. The summed E-state index contributed by atoms with van der Waals surface area (Å²) in [7, 11) is 0. The van der Waals surface area contributed by atoms with E-state index in [1.54, 1.807) is 11.3 Å². The SMILES string of the molecule is CC(C)(C)c1ccc(Cc2sc(N)nc2-c2ccccc2)cc1. The average Bonchev–Trinajstić information content (AvgIpc) is 2.88. The zero-order chi connectivity index (χ0) is 16.4. The molecular weight excluding hydrogens is 300 g/mol. The molecule has 3 heteroatoms. The number of nitrogens with two attached hydrogens (primary N) is 1. The normalized spacial score (nSPS) is 11.6. The summed E-state index contributed by atoms with van der Waals surface area (Å²) in [5.41, 5.74) is 10.9. The van der Waals surface area contributed by atoms with Crippen molar-refractivity contribution in [3.8, 4) is 11.3 Å². The molecule has 3 aromatic rings. The van der Waals surface area contributed by atoms with Gasteiger partial charge in [0.25, 0.3) is 0 Å². The smallest absolute Gasteiger partial charge is 0.180 e. The van der Waals surface area contributed by atoms with Crippen LogP contribution in [-0.4, -0.2) is 4.98 Å². The lowest BCUT2D eigenvalue weighted by Crippen LogP contribution is -2.10. The Balaban J connectivity index is 1.89. The molecule has 3 rings (SSSR count). The highest BCUT2D eigenvalue weighted by Crippen LogP contribution is 2.32. The molecule has 0 unspecified atom stereocenters. The van der Waals surface area contributed by atoms with Gasteiger partial charge >= 0.3 is 0 Å². The second-order valence-electron chi connectivity index (χ2n) is 6.81. The van der Waals surface area contributed by atoms with Crippen molar-refractivity contribution in [3.05, 3.63) is 70.6 Å². The van der Waals surface area contributed by atoms with E-state index in [2.05, 4.69) is 62.2 Å². The van der Waals surface area contributed by atoms with Gasteiger partial charge in [-0.25, -0.2) is 4.98 Å². The van der Waals surface area contributed by atoms with E-state index in [1.165, 1.54) is 16.0 Å². The summed E-state index contributed by atoms with van der Waals surface area (Å²) in [5.74, 6) is 0. The van der Waals surface area contributed by atoms with Crippen molar-refractivity contribution in [1.29, 1.82) is 0 Å². The lowest BCUT2D eigenvalue weighted by molar-refractivity contribution is 0.590. The van der Waals surface area contributed by atoms with Crippen LogP contribution in [0.4, 0.5) is 5.13 Å². The topological polar surface area (TPSA) is 38.9 Å². The Kier molecular flexibility index (Phi) is 4.22. The highest BCUT2D eigenvalue weighted by atomic mass is 32.1. The van der Waals surface area contributed by atoms with Crippen molar-refractivity contribution < 1.29 is 0 Å². The van der Waals surface area contributed by atoms with Crippen LogP contribution in [0, 0.1) is 0 Å². The highest BCUT2D eigenvalue weighted by molar-refractivity contribution is 7.15. The van der Waals surface area contributed by atoms with Crippen molar-refractivity contribution >= 4 is 16.5 Å². The van der Waals surface area contributed by atoms with Gasteiger partial charge in [0.15, 0.2) is 5.13 Å². The Bertz CT molecular complexity index is 781. The summed E-state index contributed by atoms with van der Waals surface area (Å²) >= 11 is 1.58. The molecule has 0 aliphatic rings. The van der Waals surface area contributed by atoms with Gasteiger partial charge in [-0.2, -0.15) is 0 Å². The molecule has 2 aromatic carbocycles. The van der Waals surface area contributed by atoms with Gasteiger partial charge in [0.2, 0.25) is 0 Å². The number of hydrogen-bond donors (Lipinski definition) is 1. The average molecular weight is 322 g/mol. The van der Waals surface area contributed by atoms with E-state index in [-0.39, 0.29) is 5.41 Å². The summed E-state index contributed by atoms with van der Waals surface area (Å²) in [5, 5.41) is 0.630. The monoisotopic (exact) mass is 322 g/mol. The molecule has 0 amide bonds. The number of nitrogens with zero attached hydrogens (tertiary/aromatic N) is 1. The largest absolute Gasteiger partial charge is 0.375 e. The van der Waals surface area contributed by atoms with Crippen LogP contribution in [0.15, 0.2) is 54.6 Å². The third kappa shape index (κ3) is 3.62. The van der Waals surface area contributed by atoms with Gasteiger partial charge in [-0.15, -0.1) is 11.3 Å². The number of aromatic nitrogens is 1. The van der Waals surface area contributed by atoms with Crippen LogP contribution >= 0.6 is 11.3 Å². The minimum absolute atomic E-state index is 0.183. The molecule has 0 aliphatic carbocycles. The molecule has 0 radical (unpaired) electrons. The Morgan fingerprint density at radius 2 is 1.61 bits per heavy atom. The van der Waals surface area contributed by atoms with Gasteiger partial charge in [0.05, 0.1) is 5.69 Å². The lowest BCUT2D eigenvalue weighted by atomic mass is 9.86. The molecule has 23 heavy (non-hydrogen) atoms. The Morgan fingerprint density at radius 1 is 0.957 bits per heavy atom. The van der Waals surface area contributed by atoms with Crippen LogP contribution in [0.2, 0.25) is 0 Å². The zero-order valence-corrected chi connectivity index (χ0v) is 14.7. The maximum atomic E-state index is 5.96. The molecule has 1 aromatic heterocycles. The summed E-state index contributed by atoms with van der Waals surface area (Å²) in [6, 6.07) is 19.1. The summed E-state index contributed by atoms with van der Waals surface area (Å²) in [6.07, 6.45) is 0.865. The van der Waals surface area contributed by atoms with Crippen molar-refractivity contribution in [2.45, 2.75) is 32.6 Å². The van der Waals surface area contributed by atoms with Crippen LogP contribution in [-0.2, 0) is 11.8 Å². The second kappa shape index (κ2) is 6.17. The molecule has 0 saturated carbocycles. The van der Waals surface area contributed by atoms with Crippen LogP contribution in [0.5, 0.6) is 0 Å². The van der Waals surface area contributed by atoms with Gasteiger partial charge in [-0.05, 0) is 16.5 Å². The van der Waals surface area contributed by atoms with Crippen molar-refractivity contribution in [2.24, 2.45) is 0 Å². The molecular formula is C20H22N2S. The zero-order valence-electron chi connectivity index (χ0n) is 13.8. The minimum Gasteiger partial charge on any atom is -0.375 e. The van der Waals surface area contributed by atoms with E-state index in [0.29, 0.717) is 5.13 Å². The molecule has 0 saturated heterocycles. The molecule has 0 atom stereocenters. The first-order chi connectivity index (χ1) is 10.9. The minimum atomic E-state index is 0.183. The van der Waals surface area contributed by atoms with Gasteiger partial charge in [-0.3, -0.25) is 0 Å². The number of nitrogen functional groups attached to an aromatic ring is 1. The molecule has 1 heterocycles. The van der Waals surface area contributed by atoms with Crippen LogP contribution in [0.1, 0.15) is 36.8 Å². The number of hydrogen-bond acceptors (Lipinski definition) is 3. The molecule has 0 fully saturated rings. The van der Waals surface area contributed by atoms with Crippen LogP contribution < -0.4 is 5.73 Å². The lowest BCUT2D eigenvalue weighted by Gasteiger charge is -2.19. The van der Waals surface area contributed by atoms with E-state index < -0.39 is 0 Å². The van der Waals surface area contributed by atoms with Gasteiger partial charge in [0.1, 0.15) is 0 Å². The molecule has 2 nitrogen and oxygen atoms in total. The van der Waals surface area contributed by atoms with Gasteiger partial charge < -0.3 is 5.73 Å². The third-order valence-corrected chi connectivity index (χ3v) is 4.83. The molecule has 0 bridgehead atoms. The molecule has 118 valence electrons. The fourth-order valence-electron chi connectivity index (χ4n) is 2.62. The third-order valence-electron chi connectivity index (χ3n) is 3.95. The Hall–Kier alpha value is -2.13. The van der Waals surface area contributed by atoms with Crippen molar-refractivity contribution in [2.75, 3.05) is 5.73 Å². The molecule has 0 aliphatic heterocycles. The van der Waals surface area contributed by atoms with Gasteiger partial charge in [-0.1, -0.05) is 75.4 Å². The van der Waals surface area contributed by atoms with E-state index in [9.17, 15) is 0 Å². The predicted molar refractivity (Wildman–Crippen MR) is 99.9 cm³/mol. The molecule has 0 spiro atoms. The van der Waals surface area contributed by atoms with Gasteiger partial charge in [0, 0.05) is 16.9 Å². The quantitative estimate of drug-likeness (QED) is 0.712. The van der Waals surface area contributed by atoms with E-state index in [4.69, 9.17) is 5.73 Å². The Labute approximate surface area is 142 Å². The van der Waals surface area contributed by atoms with E-state index in [1.807, 2.05) is 18.2 Å². The summed E-state index contributed by atoms with van der Waals surface area (Å²) in [4.78, 5) is 5.75. The maximum Gasteiger partial charge on any atom is 0.180 e. The van der Waals surface area contributed by atoms with E-state index in [0.717, 1.165) is 17.7 Å². The first-order valence-electron chi connectivity index (χ1n) is 7.83. The standard InChI is InChI=1S/C20H22N2S/c1-20(2,3)16-11-9-14(10-12-16)13-17-18(22-19(21)23-17)15-7-5-4-6-8-15/h4-12H,13H2,1-3H3,(H2,21,22). The summed E-state index contributed by atoms with van der Waals surface area (Å²) in [6.45, 7) is 6.71. The number of rotatable bonds is 3. The van der Waals surface area contributed by atoms with E-state index >= 15 is 0 Å². The van der Waals surface area contributed by atoms with Crippen LogP contribution in [0.3, 0.4) is 0 Å². The number of benzene rings is 2.